The fourth-order valence-corrected chi connectivity index (χ4v) is 2.80. The number of rotatable bonds is 1. The minimum atomic E-state index is -4.70. The highest BCUT2D eigenvalue weighted by molar-refractivity contribution is 6.03. The van der Waals surface area contributed by atoms with Crippen LogP contribution in [0.2, 0.25) is 0 Å². The zero-order chi connectivity index (χ0) is 18.6. The van der Waals surface area contributed by atoms with E-state index >= 15 is 0 Å². The molecule has 6 nitrogen and oxygen atoms in total. The molecule has 0 unspecified atom stereocenters. The van der Waals surface area contributed by atoms with Crippen LogP contribution in [0.25, 0.3) is 27.6 Å². The Balaban J connectivity index is 2.22. The number of aryl methyl sites for hydroxylation is 1. The van der Waals surface area contributed by atoms with Gasteiger partial charge < -0.3 is 0 Å². The normalized spacial score (nSPS) is 12.2. The molecule has 0 aliphatic rings. The van der Waals surface area contributed by atoms with Gasteiger partial charge in [-0.05, 0) is 12.1 Å². The van der Waals surface area contributed by atoms with E-state index in [0.29, 0.717) is 5.39 Å². The average molecular weight is 363 g/mol. The highest BCUT2D eigenvalue weighted by Crippen LogP contribution is 2.31. The number of hydrogen-bond acceptors (Lipinski definition) is 4. The van der Waals surface area contributed by atoms with Crippen molar-refractivity contribution in [2.24, 2.45) is 7.05 Å². The molecule has 0 aromatic carbocycles. The summed E-state index contributed by atoms with van der Waals surface area (Å²) in [6.07, 6.45) is -1.09. The molecule has 4 heterocycles. The number of alkyl halides is 3. The molecule has 0 atom stereocenters. The molecule has 4 aromatic rings. The maximum absolute atomic E-state index is 13.6. The summed E-state index contributed by atoms with van der Waals surface area (Å²) in [5.41, 5.74) is -2.14. The van der Waals surface area contributed by atoms with Crippen molar-refractivity contribution in [2.75, 3.05) is 0 Å². The van der Waals surface area contributed by atoms with Gasteiger partial charge in [0, 0.05) is 30.1 Å². The Morgan fingerprint density at radius 3 is 2.58 bits per heavy atom. The van der Waals surface area contributed by atoms with Gasteiger partial charge in [0.2, 0.25) is 0 Å². The van der Waals surface area contributed by atoms with Crippen LogP contribution in [0.4, 0.5) is 17.6 Å². The molecular weight excluding hydrogens is 354 g/mol. The lowest BCUT2D eigenvalue weighted by molar-refractivity contribution is -0.141. The lowest BCUT2D eigenvalue weighted by Crippen LogP contribution is -2.21. The summed E-state index contributed by atoms with van der Waals surface area (Å²) in [6.45, 7) is 0. The summed E-state index contributed by atoms with van der Waals surface area (Å²) in [4.78, 5) is 20.1. The third-order valence-corrected chi connectivity index (χ3v) is 3.85. The van der Waals surface area contributed by atoms with E-state index in [9.17, 15) is 22.4 Å². The second-order valence-electron chi connectivity index (χ2n) is 5.63. The predicted octanol–water partition coefficient (Wildman–Crippen LogP) is 2.83. The molecule has 10 heteroatoms. The summed E-state index contributed by atoms with van der Waals surface area (Å²) >= 11 is 0. The Kier molecular flexibility index (Phi) is 3.33. The minimum Gasteiger partial charge on any atom is -0.274 e. The van der Waals surface area contributed by atoms with Gasteiger partial charge >= 0.3 is 6.18 Å². The number of halogens is 4. The Morgan fingerprint density at radius 1 is 1.12 bits per heavy atom. The fourth-order valence-electron chi connectivity index (χ4n) is 2.80. The zero-order valence-corrected chi connectivity index (χ0v) is 13.1. The van der Waals surface area contributed by atoms with Gasteiger partial charge in [-0.1, -0.05) is 0 Å². The highest BCUT2D eigenvalue weighted by Gasteiger charge is 2.33. The summed E-state index contributed by atoms with van der Waals surface area (Å²) in [5.74, 6) is -0.740. The Morgan fingerprint density at radius 2 is 1.88 bits per heavy atom. The van der Waals surface area contributed by atoms with Gasteiger partial charge in [-0.25, -0.2) is 9.37 Å². The van der Waals surface area contributed by atoms with Gasteiger partial charge in [-0.2, -0.15) is 18.3 Å². The Hall–Kier alpha value is -3.30. The van der Waals surface area contributed by atoms with E-state index in [2.05, 4.69) is 15.1 Å². The fraction of sp³-hybridized carbons (Fsp3) is 0.125. The summed E-state index contributed by atoms with van der Waals surface area (Å²) in [7, 11) is 1.58. The molecule has 0 saturated heterocycles. The first kappa shape index (κ1) is 16.2. The van der Waals surface area contributed by atoms with Crippen LogP contribution in [0.5, 0.6) is 0 Å². The monoisotopic (exact) mass is 363 g/mol. The van der Waals surface area contributed by atoms with Gasteiger partial charge in [-0.15, -0.1) is 0 Å². The average Bonchev–Trinajstić information content (AvgIpc) is 2.96. The topological polar surface area (TPSA) is 65.6 Å². The van der Waals surface area contributed by atoms with Gasteiger partial charge in [-0.3, -0.25) is 19.0 Å². The van der Waals surface area contributed by atoms with Crippen molar-refractivity contribution in [3.63, 3.8) is 0 Å². The standard InChI is InChI=1S/C16H9F4N5O/c1-24-7-11-10-2-3-12(16(18,19)20)22-14(10)25(15(26)13(11)23-24)9-4-8(17)5-21-6-9/h2-7H,1H3. The summed E-state index contributed by atoms with van der Waals surface area (Å²) < 4.78 is 55.1. The molecule has 0 fully saturated rings. The van der Waals surface area contributed by atoms with Crippen LogP contribution in [0.1, 0.15) is 5.69 Å². The molecule has 0 aliphatic heterocycles. The number of aromatic nitrogens is 5. The molecule has 0 saturated carbocycles. The maximum atomic E-state index is 13.6. The van der Waals surface area contributed by atoms with Crippen LogP contribution in [0.3, 0.4) is 0 Å². The number of pyridine rings is 3. The lowest BCUT2D eigenvalue weighted by atomic mass is 10.1. The molecular formula is C16H9F4N5O. The lowest BCUT2D eigenvalue weighted by Gasteiger charge is -2.12. The second-order valence-corrected chi connectivity index (χ2v) is 5.63. The summed E-state index contributed by atoms with van der Waals surface area (Å²) in [6, 6.07) is 3.04. The molecule has 0 spiro atoms. The van der Waals surface area contributed by atoms with Crippen LogP contribution < -0.4 is 5.56 Å². The Bertz CT molecular complexity index is 1230. The molecule has 4 aromatic heterocycles. The summed E-state index contributed by atoms with van der Waals surface area (Å²) in [5, 5.41) is 4.70. The van der Waals surface area contributed by atoms with E-state index in [0.717, 1.165) is 22.9 Å². The van der Waals surface area contributed by atoms with Crippen molar-refractivity contribution in [3.05, 3.63) is 58.7 Å². The molecule has 0 radical (unpaired) electrons. The number of hydrogen-bond donors (Lipinski definition) is 0. The van der Waals surface area contributed by atoms with Gasteiger partial charge in [0.1, 0.15) is 17.2 Å². The minimum absolute atomic E-state index is 0.0332. The van der Waals surface area contributed by atoms with Crippen molar-refractivity contribution in [3.8, 4) is 5.69 Å². The van der Waals surface area contributed by atoms with E-state index in [-0.39, 0.29) is 22.2 Å². The van der Waals surface area contributed by atoms with Crippen molar-refractivity contribution >= 4 is 21.9 Å². The molecule has 0 amide bonds. The third-order valence-electron chi connectivity index (χ3n) is 3.85. The number of fused-ring (bicyclic) bond motifs is 3. The molecule has 0 aliphatic carbocycles. The largest absolute Gasteiger partial charge is 0.433 e. The van der Waals surface area contributed by atoms with Crippen molar-refractivity contribution in [1.29, 1.82) is 0 Å². The van der Waals surface area contributed by atoms with Crippen LogP contribution >= 0.6 is 0 Å². The SMILES string of the molecule is Cn1cc2c(n1)c(=O)n(-c1cncc(F)c1)c1nc(C(F)(F)F)ccc21. The molecule has 0 bridgehead atoms. The molecule has 26 heavy (non-hydrogen) atoms. The first-order chi connectivity index (χ1) is 12.3. The van der Waals surface area contributed by atoms with Crippen LogP contribution in [0, 0.1) is 5.82 Å². The van der Waals surface area contributed by atoms with Crippen LogP contribution in [0.15, 0.2) is 41.6 Å². The van der Waals surface area contributed by atoms with Crippen LogP contribution in [-0.2, 0) is 13.2 Å². The second kappa shape index (κ2) is 5.35. The van der Waals surface area contributed by atoms with Crippen molar-refractivity contribution in [1.82, 2.24) is 24.3 Å². The Labute approximate surface area is 142 Å². The first-order valence-electron chi connectivity index (χ1n) is 7.33. The quantitative estimate of drug-likeness (QED) is 0.488. The zero-order valence-electron chi connectivity index (χ0n) is 13.1. The molecule has 4 rings (SSSR count). The third kappa shape index (κ3) is 2.41. The van der Waals surface area contributed by atoms with E-state index in [1.54, 1.807) is 7.05 Å². The maximum Gasteiger partial charge on any atom is 0.433 e. The highest BCUT2D eigenvalue weighted by atomic mass is 19.4. The van der Waals surface area contributed by atoms with Crippen molar-refractivity contribution < 1.29 is 17.6 Å². The predicted molar refractivity (Wildman–Crippen MR) is 84.4 cm³/mol. The number of nitrogens with zero attached hydrogens (tertiary/aromatic N) is 5. The van der Waals surface area contributed by atoms with Crippen molar-refractivity contribution in [2.45, 2.75) is 6.18 Å². The van der Waals surface area contributed by atoms with E-state index < -0.39 is 23.2 Å². The van der Waals surface area contributed by atoms with E-state index in [4.69, 9.17) is 0 Å². The molecule has 132 valence electrons. The molecule has 0 N–H and O–H groups in total. The smallest absolute Gasteiger partial charge is 0.274 e. The van der Waals surface area contributed by atoms with Gasteiger partial charge in [0.15, 0.2) is 5.52 Å². The van der Waals surface area contributed by atoms with E-state index in [1.807, 2.05) is 0 Å². The van der Waals surface area contributed by atoms with Crippen LogP contribution in [-0.4, -0.2) is 24.3 Å². The van der Waals surface area contributed by atoms with Gasteiger partial charge in [0.25, 0.3) is 5.56 Å². The first-order valence-corrected chi connectivity index (χ1v) is 7.33. The van der Waals surface area contributed by atoms with Gasteiger partial charge in [0.05, 0.1) is 18.1 Å². The van der Waals surface area contributed by atoms with E-state index in [1.165, 1.54) is 23.1 Å².